The van der Waals surface area contributed by atoms with Crippen LogP contribution in [0.1, 0.15) is 0 Å². The van der Waals surface area contributed by atoms with E-state index in [1.807, 2.05) is 11.3 Å². The molecule has 2 heteroatoms. The van der Waals surface area contributed by atoms with E-state index in [0.717, 1.165) is 0 Å². The zero-order valence-electron chi connectivity index (χ0n) is 22.7. The van der Waals surface area contributed by atoms with E-state index in [4.69, 9.17) is 0 Å². The monoisotopic (exact) mass is 664 g/mol. The van der Waals surface area contributed by atoms with Crippen molar-refractivity contribution in [3.05, 3.63) is 155 Å². The minimum Gasteiger partial charge on any atom is -0.135 e. The third kappa shape index (κ3) is 4.71. The molecule has 0 saturated heterocycles. The van der Waals surface area contributed by atoms with Crippen molar-refractivity contribution >= 4 is 64.9 Å². The summed E-state index contributed by atoms with van der Waals surface area (Å²) < 4.78 is 3.94. The highest BCUT2D eigenvalue weighted by atomic mass is 127. The number of benzene rings is 7. The number of hydrogen-bond donors (Lipinski definition) is 0. The number of rotatable bonds is 4. The minimum atomic E-state index is 1.23. The average Bonchev–Trinajstić information content (AvgIpc) is 3.43. The average molecular weight is 665 g/mol. The second-order valence-electron chi connectivity index (χ2n) is 10.7. The van der Waals surface area contributed by atoms with Crippen molar-refractivity contribution in [3.8, 4) is 44.5 Å². The summed E-state index contributed by atoms with van der Waals surface area (Å²) in [6.07, 6.45) is 0. The second kappa shape index (κ2) is 10.5. The van der Waals surface area contributed by atoms with Crippen molar-refractivity contribution in [1.82, 2.24) is 0 Å². The number of fused-ring (bicyclic) bond motifs is 4. The van der Waals surface area contributed by atoms with Crippen LogP contribution in [-0.2, 0) is 0 Å². The first-order chi connectivity index (χ1) is 20.7. The molecule has 0 bridgehead atoms. The van der Waals surface area contributed by atoms with Crippen molar-refractivity contribution in [1.29, 1.82) is 0 Å². The fourth-order valence-corrected chi connectivity index (χ4v) is 7.31. The largest absolute Gasteiger partial charge is 0.135 e. The molecule has 1 aromatic heterocycles. The summed E-state index contributed by atoms with van der Waals surface area (Å²) in [6, 6.07) is 55.7. The van der Waals surface area contributed by atoms with Gasteiger partial charge in [-0.2, -0.15) is 0 Å². The first kappa shape index (κ1) is 25.5. The van der Waals surface area contributed by atoms with Crippen molar-refractivity contribution in [2.45, 2.75) is 0 Å². The molecule has 0 saturated carbocycles. The van der Waals surface area contributed by atoms with Crippen LogP contribution in [0.25, 0.3) is 75.5 Å². The molecule has 0 radical (unpaired) electrons. The Bertz CT molecular complexity index is 2220. The molecule has 8 rings (SSSR count). The van der Waals surface area contributed by atoms with Gasteiger partial charge in [-0.15, -0.1) is 11.3 Å². The Morgan fingerprint density at radius 1 is 0.333 bits per heavy atom. The maximum absolute atomic E-state index is 2.35. The smallest absolute Gasteiger partial charge is 0.0355 e. The number of halogens is 1. The standard InChI is InChI=1S/C40H25IS/c41-36-20-17-27(18-21-36)26-5-7-28(8-6-26)32-15-13-31-14-16-33(24-35(31)23-32)29-9-11-30(12-10-29)34-19-22-40-38(25-34)37-3-1-2-4-39(37)42-40/h1-25H. The van der Waals surface area contributed by atoms with E-state index < -0.39 is 0 Å². The van der Waals surface area contributed by atoms with E-state index in [2.05, 4.69) is 174 Å². The molecule has 42 heavy (non-hydrogen) atoms. The predicted octanol–water partition coefficient (Wildman–Crippen LogP) is 12.5. The Morgan fingerprint density at radius 3 is 1.36 bits per heavy atom. The topological polar surface area (TPSA) is 0 Å². The van der Waals surface area contributed by atoms with Gasteiger partial charge in [-0.1, -0.05) is 109 Å². The molecule has 0 fully saturated rings. The molecule has 0 aliphatic heterocycles. The molecule has 7 aromatic carbocycles. The molecule has 8 aromatic rings. The lowest BCUT2D eigenvalue weighted by Crippen LogP contribution is -1.84. The summed E-state index contributed by atoms with van der Waals surface area (Å²) in [5.74, 6) is 0. The van der Waals surface area contributed by atoms with Crippen molar-refractivity contribution in [2.75, 3.05) is 0 Å². The van der Waals surface area contributed by atoms with E-state index in [1.165, 1.54) is 79.0 Å². The molecule has 198 valence electrons. The van der Waals surface area contributed by atoms with Crippen LogP contribution in [0.15, 0.2) is 152 Å². The van der Waals surface area contributed by atoms with Crippen LogP contribution in [-0.4, -0.2) is 0 Å². The first-order valence-corrected chi connectivity index (χ1v) is 16.0. The predicted molar refractivity (Wildman–Crippen MR) is 191 cm³/mol. The van der Waals surface area contributed by atoms with Gasteiger partial charge in [-0.3, -0.25) is 0 Å². The highest BCUT2D eigenvalue weighted by Gasteiger charge is 2.08. The summed E-state index contributed by atoms with van der Waals surface area (Å²) in [7, 11) is 0. The zero-order valence-corrected chi connectivity index (χ0v) is 25.7. The van der Waals surface area contributed by atoms with E-state index >= 15 is 0 Å². The lowest BCUT2D eigenvalue weighted by Gasteiger charge is -2.09. The molecule has 0 N–H and O–H groups in total. The van der Waals surface area contributed by atoms with Crippen LogP contribution in [0.2, 0.25) is 0 Å². The Labute approximate surface area is 263 Å². The molecule has 0 nitrogen and oxygen atoms in total. The number of thiophene rings is 1. The summed E-state index contributed by atoms with van der Waals surface area (Å²) >= 11 is 4.22. The maximum Gasteiger partial charge on any atom is 0.0355 e. The van der Waals surface area contributed by atoms with Gasteiger partial charge in [-0.05, 0) is 120 Å². The van der Waals surface area contributed by atoms with Crippen molar-refractivity contribution in [3.63, 3.8) is 0 Å². The van der Waals surface area contributed by atoms with Gasteiger partial charge in [0.05, 0.1) is 0 Å². The molecule has 0 spiro atoms. The number of hydrogen-bond acceptors (Lipinski definition) is 1. The van der Waals surface area contributed by atoms with Crippen LogP contribution in [0.4, 0.5) is 0 Å². The molecule has 0 atom stereocenters. The lowest BCUT2D eigenvalue weighted by molar-refractivity contribution is 1.58. The van der Waals surface area contributed by atoms with Crippen molar-refractivity contribution < 1.29 is 0 Å². The first-order valence-electron chi connectivity index (χ1n) is 14.1. The van der Waals surface area contributed by atoms with Gasteiger partial charge in [0.2, 0.25) is 0 Å². The molecule has 0 amide bonds. The van der Waals surface area contributed by atoms with E-state index in [0.29, 0.717) is 0 Å². The van der Waals surface area contributed by atoms with Crippen LogP contribution >= 0.6 is 33.9 Å². The van der Waals surface area contributed by atoms with E-state index in [1.54, 1.807) is 0 Å². The van der Waals surface area contributed by atoms with Gasteiger partial charge in [-0.25, -0.2) is 0 Å². The molecule has 0 aliphatic carbocycles. The van der Waals surface area contributed by atoms with E-state index in [-0.39, 0.29) is 0 Å². The van der Waals surface area contributed by atoms with Crippen LogP contribution in [0, 0.1) is 3.57 Å². The maximum atomic E-state index is 2.35. The highest BCUT2D eigenvalue weighted by Crippen LogP contribution is 2.37. The Kier molecular flexibility index (Phi) is 6.39. The molecule has 0 aliphatic rings. The Morgan fingerprint density at radius 2 is 0.762 bits per heavy atom. The normalized spacial score (nSPS) is 11.5. The minimum absolute atomic E-state index is 1.23. The Hall–Kier alpha value is -4.25. The van der Waals surface area contributed by atoms with Gasteiger partial charge in [0.1, 0.15) is 0 Å². The summed E-state index contributed by atoms with van der Waals surface area (Å²) in [4.78, 5) is 0. The summed E-state index contributed by atoms with van der Waals surface area (Å²) in [5.41, 5.74) is 9.93. The van der Waals surface area contributed by atoms with Crippen LogP contribution in [0.3, 0.4) is 0 Å². The molecular formula is C40H25IS. The summed E-state index contributed by atoms with van der Waals surface area (Å²) in [6.45, 7) is 0. The van der Waals surface area contributed by atoms with E-state index in [9.17, 15) is 0 Å². The van der Waals surface area contributed by atoms with Gasteiger partial charge in [0.15, 0.2) is 0 Å². The summed E-state index contributed by atoms with van der Waals surface area (Å²) in [5, 5.41) is 5.19. The van der Waals surface area contributed by atoms with Gasteiger partial charge in [0.25, 0.3) is 0 Å². The molecule has 1 heterocycles. The van der Waals surface area contributed by atoms with Gasteiger partial charge >= 0.3 is 0 Å². The SMILES string of the molecule is Ic1ccc(-c2ccc(-c3ccc4ccc(-c5ccc(-c6ccc7sc8ccccc8c7c6)cc5)cc4c3)cc2)cc1. The fraction of sp³-hybridized carbons (Fsp3) is 0. The van der Waals surface area contributed by atoms with Crippen molar-refractivity contribution in [2.24, 2.45) is 0 Å². The van der Waals surface area contributed by atoms with Crippen LogP contribution in [0.5, 0.6) is 0 Å². The third-order valence-corrected chi connectivity index (χ3v) is 10.0. The van der Waals surface area contributed by atoms with Gasteiger partial charge in [0, 0.05) is 23.7 Å². The third-order valence-electron chi connectivity index (χ3n) is 8.16. The Balaban J connectivity index is 1.08. The lowest BCUT2D eigenvalue weighted by atomic mass is 9.95. The fourth-order valence-electron chi connectivity index (χ4n) is 5.86. The second-order valence-corrected chi connectivity index (χ2v) is 13.1. The quantitative estimate of drug-likeness (QED) is 0.164. The van der Waals surface area contributed by atoms with Gasteiger partial charge < -0.3 is 0 Å². The molecular weight excluding hydrogens is 639 g/mol. The van der Waals surface area contributed by atoms with Crippen LogP contribution < -0.4 is 0 Å². The zero-order chi connectivity index (χ0) is 28.0. The molecule has 0 unspecified atom stereocenters. The highest BCUT2D eigenvalue weighted by molar-refractivity contribution is 14.1.